The Morgan fingerprint density at radius 1 is 0.903 bits per heavy atom. The number of hydrogen-bond donors (Lipinski definition) is 0. The molecular weight excluding hydrogens is 388 g/mol. The van der Waals surface area contributed by atoms with Crippen LogP contribution in [0.1, 0.15) is 50.1 Å². The number of fused-ring (bicyclic) bond motifs is 1. The zero-order valence-corrected chi connectivity index (χ0v) is 18.8. The first-order chi connectivity index (χ1) is 15.1. The highest BCUT2D eigenvalue weighted by molar-refractivity contribution is 5.98. The van der Waals surface area contributed by atoms with Crippen LogP contribution in [0.15, 0.2) is 54.6 Å². The van der Waals surface area contributed by atoms with Crippen LogP contribution in [0.5, 0.6) is 0 Å². The van der Waals surface area contributed by atoms with E-state index < -0.39 is 0 Å². The van der Waals surface area contributed by atoms with Crippen molar-refractivity contribution in [2.24, 2.45) is 0 Å². The Labute approximate surface area is 184 Å². The van der Waals surface area contributed by atoms with Gasteiger partial charge in [-0.3, -0.25) is 9.59 Å². The lowest BCUT2D eigenvalue weighted by atomic mass is 10.2. The molecule has 1 heterocycles. The fraction of sp³-hybridized carbons (Fsp3) is 0.400. The van der Waals surface area contributed by atoms with Gasteiger partial charge in [-0.05, 0) is 37.1 Å². The van der Waals surface area contributed by atoms with E-state index in [1.54, 1.807) is 16.5 Å². The molecule has 0 aliphatic carbocycles. The molecule has 0 aliphatic heterocycles. The summed E-state index contributed by atoms with van der Waals surface area (Å²) in [4.78, 5) is 34.7. The van der Waals surface area contributed by atoms with Crippen LogP contribution in [0.4, 0.5) is 5.69 Å². The van der Waals surface area contributed by atoms with E-state index in [-0.39, 0.29) is 18.4 Å². The maximum absolute atomic E-state index is 13.5. The van der Waals surface area contributed by atoms with Gasteiger partial charge < -0.3 is 14.4 Å². The van der Waals surface area contributed by atoms with Gasteiger partial charge in [0.1, 0.15) is 6.54 Å². The molecular formula is C25H32N4O2. The molecule has 0 fully saturated rings. The summed E-state index contributed by atoms with van der Waals surface area (Å²) in [6.45, 7) is 5.71. The molecule has 0 N–H and O–H groups in total. The lowest BCUT2D eigenvalue weighted by Crippen LogP contribution is -2.36. The number of imidazole rings is 1. The predicted octanol–water partition coefficient (Wildman–Crippen LogP) is 4.74. The summed E-state index contributed by atoms with van der Waals surface area (Å²) < 4.78 is 1.77. The zero-order valence-electron chi connectivity index (χ0n) is 18.8. The molecule has 3 aromatic rings. The molecule has 0 radical (unpaired) electrons. The molecule has 6 heteroatoms. The minimum Gasteiger partial charge on any atom is -0.336 e. The van der Waals surface area contributed by atoms with Crippen molar-refractivity contribution in [3.8, 4) is 0 Å². The summed E-state index contributed by atoms with van der Waals surface area (Å²) in [7, 11) is 1.76. The van der Waals surface area contributed by atoms with Crippen molar-refractivity contribution in [1.29, 1.82) is 0 Å². The first kappa shape index (κ1) is 22.5. The Bertz CT molecular complexity index is 1000. The van der Waals surface area contributed by atoms with Crippen molar-refractivity contribution in [1.82, 2.24) is 14.5 Å². The molecule has 0 atom stereocenters. The molecule has 164 valence electrons. The number of hydrogen-bond acceptors (Lipinski definition) is 3. The molecule has 0 unspecified atom stereocenters. The minimum absolute atomic E-state index is 0.0579. The van der Waals surface area contributed by atoms with Crippen molar-refractivity contribution in [2.75, 3.05) is 25.0 Å². The van der Waals surface area contributed by atoms with Crippen molar-refractivity contribution in [3.63, 3.8) is 0 Å². The molecule has 0 spiro atoms. The van der Waals surface area contributed by atoms with Crippen LogP contribution in [0, 0.1) is 0 Å². The Kier molecular flexibility index (Phi) is 7.82. The van der Waals surface area contributed by atoms with Crippen LogP contribution < -0.4 is 4.90 Å². The number of likely N-dealkylation sites (N-methyl/N-ethyl adjacent to an activating group) is 1. The maximum Gasteiger partial charge on any atom is 0.289 e. The Hall–Kier alpha value is -3.15. The van der Waals surface area contributed by atoms with Gasteiger partial charge in [0.25, 0.3) is 5.91 Å². The summed E-state index contributed by atoms with van der Waals surface area (Å²) in [5.74, 6) is 0.133. The van der Waals surface area contributed by atoms with Gasteiger partial charge in [-0.25, -0.2) is 4.98 Å². The van der Waals surface area contributed by atoms with Crippen molar-refractivity contribution >= 4 is 28.5 Å². The van der Waals surface area contributed by atoms with Crippen LogP contribution in [0.3, 0.4) is 0 Å². The monoisotopic (exact) mass is 420 g/mol. The predicted molar refractivity (Wildman–Crippen MR) is 125 cm³/mol. The summed E-state index contributed by atoms with van der Waals surface area (Å²) in [6, 6.07) is 17.1. The van der Waals surface area contributed by atoms with Crippen LogP contribution in [0.25, 0.3) is 11.0 Å². The summed E-state index contributed by atoms with van der Waals surface area (Å²) in [5, 5.41) is 0. The van der Waals surface area contributed by atoms with E-state index >= 15 is 0 Å². The van der Waals surface area contributed by atoms with Crippen molar-refractivity contribution in [2.45, 2.75) is 46.1 Å². The van der Waals surface area contributed by atoms with E-state index in [2.05, 4.69) is 18.8 Å². The van der Waals surface area contributed by atoms with Gasteiger partial charge in [0.15, 0.2) is 0 Å². The average Bonchev–Trinajstić information content (AvgIpc) is 3.17. The van der Waals surface area contributed by atoms with Crippen LogP contribution in [-0.2, 0) is 11.3 Å². The largest absolute Gasteiger partial charge is 0.336 e. The number of unbranched alkanes of at least 4 members (excludes halogenated alkanes) is 2. The van der Waals surface area contributed by atoms with Crippen molar-refractivity contribution in [3.05, 3.63) is 60.4 Å². The van der Waals surface area contributed by atoms with Gasteiger partial charge in [-0.1, -0.05) is 57.0 Å². The first-order valence-corrected chi connectivity index (χ1v) is 11.1. The second-order valence-electron chi connectivity index (χ2n) is 7.80. The van der Waals surface area contributed by atoms with E-state index in [9.17, 15) is 9.59 Å². The highest BCUT2D eigenvalue weighted by Crippen LogP contribution is 2.20. The van der Waals surface area contributed by atoms with Gasteiger partial charge in [0.05, 0.1) is 11.0 Å². The molecule has 0 bridgehead atoms. The molecule has 6 nitrogen and oxygen atoms in total. The molecule has 0 aliphatic rings. The van der Waals surface area contributed by atoms with E-state index in [1.165, 1.54) is 0 Å². The van der Waals surface area contributed by atoms with E-state index in [1.807, 2.05) is 59.5 Å². The zero-order chi connectivity index (χ0) is 22.2. The van der Waals surface area contributed by atoms with Crippen molar-refractivity contribution < 1.29 is 9.59 Å². The SMILES string of the molecule is CCCCN(CCCC)C(=O)c1nc2ccccc2n1CC(=O)N(C)c1ccccc1. The first-order valence-electron chi connectivity index (χ1n) is 11.1. The fourth-order valence-corrected chi connectivity index (χ4v) is 3.59. The number of benzene rings is 2. The summed E-state index contributed by atoms with van der Waals surface area (Å²) >= 11 is 0. The second kappa shape index (κ2) is 10.8. The number of aromatic nitrogens is 2. The Balaban J connectivity index is 1.94. The van der Waals surface area contributed by atoms with Crippen LogP contribution >= 0.6 is 0 Å². The molecule has 0 saturated heterocycles. The van der Waals surface area contributed by atoms with E-state index in [4.69, 9.17) is 0 Å². The number of nitrogens with zero attached hydrogens (tertiary/aromatic N) is 4. The van der Waals surface area contributed by atoms with Gasteiger partial charge in [0.2, 0.25) is 11.7 Å². The highest BCUT2D eigenvalue weighted by Gasteiger charge is 2.24. The molecule has 1 aromatic heterocycles. The van der Waals surface area contributed by atoms with Gasteiger partial charge in [-0.2, -0.15) is 0 Å². The maximum atomic E-state index is 13.5. The molecule has 2 amide bonds. The van der Waals surface area contributed by atoms with Gasteiger partial charge in [-0.15, -0.1) is 0 Å². The number of amides is 2. The standard InChI is InChI=1S/C25H32N4O2/c1-4-6-17-28(18-7-5-2)25(31)24-26-21-15-11-12-16-22(21)29(24)19-23(30)27(3)20-13-9-8-10-14-20/h8-16H,4-7,17-19H2,1-3H3. The summed E-state index contributed by atoms with van der Waals surface area (Å²) in [5.41, 5.74) is 2.34. The molecule has 2 aromatic carbocycles. The fourth-order valence-electron chi connectivity index (χ4n) is 3.59. The average molecular weight is 421 g/mol. The third kappa shape index (κ3) is 5.32. The quantitative estimate of drug-likeness (QED) is 0.476. The lowest BCUT2D eigenvalue weighted by molar-refractivity contribution is -0.118. The van der Waals surface area contributed by atoms with E-state index in [0.717, 1.165) is 42.4 Å². The van der Waals surface area contributed by atoms with Gasteiger partial charge >= 0.3 is 0 Å². The molecule has 31 heavy (non-hydrogen) atoms. The second-order valence-corrected chi connectivity index (χ2v) is 7.80. The van der Waals surface area contributed by atoms with Crippen LogP contribution in [-0.4, -0.2) is 46.4 Å². The Morgan fingerprint density at radius 2 is 1.52 bits per heavy atom. The number of para-hydroxylation sites is 3. The lowest BCUT2D eigenvalue weighted by Gasteiger charge is -2.23. The van der Waals surface area contributed by atoms with Gasteiger partial charge in [0, 0.05) is 25.8 Å². The topological polar surface area (TPSA) is 58.4 Å². The normalized spacial score (nSPS) is 10.9. The molecule has 3 rings (SSSR count). The number of carbonyl (C=O) groups is 2. The van der Waals surface area contributed by atoms with E-state index in [0.29, 0.717) is 18.9 Å². The third-order valence-electron chi connectivity index (χ3n) is 5.51. The van der Waals surface area contributed by atoms with Crippen LogP contribution in [0.2, 0.25) is 0 Å². The number of carbonyl (C=O) groups excluding carboxylic acids is 2. The number of anilines is 1. The summed E-state index contributed by atoms with van der Waals surface area (Å²) in [6.07, 6.45) is 3.94. The molecule has 0 saturated carbocycles. The smallest absolute Gasteiger partial charge is 0.289 e. The number of rotatable bonds is 10. The Morgan fingerprint density at radius 3 is 2.16 bits per heavy atom. The minimum atomic E-state index is -0.103. The highest BCUT2D eigenvalue weighted by atomic mass is 16.2. The third-order valence-corrected chi connectivity index (χ3v) is 5.51.